The molecule has 4 N–H and O–H groups in total. The Morgan fingerprint density at radius 1 is 0.600 bits per heavy atom. The summed E-state index contributed by atoms with van der Waals surface area (Å²) in [6, 6.07) is 0. The number of rotatable bonds is 35. The van der Waals surface area contributed by atoms with Gasteiger partial charge in [-0.2, -0.15) is 0 Å². The van der Waals surface area contributed by atoms with Crippen molar-refractivity contribution in [2.75, 3.05) is 26.4 Å². The maximum Gasteiger partial charge on any atom is 0.306 e. The molecule has 0 saturated carbocycles. The Balaban J connectivity index is 2.32. The maximum absolute atomic E-state index is 12.7. The van der Waals surface area contributed by atoms with Crippen LogP contribution >= 0.6 is 0 Å². The highest BCUT2D eigenvalue weighted by molar-refractivity contribution is 5.69. The van der Waals surface area contributed by atoms with Gasteiger partial charge in [-0.25, -0.2) is 0 Å². The SMILES string of the molecule is CC/C=C\C/C=C\C/C=C\C/C=C\CCCCCCCOCC(COC1OC(CO)C(O)C(O)C1O)OC(=O)CCCCCCC/C=C\C/C=C\CCCC. The van der Waals surface area contributed by atoms with Crippen LogP contribution in [0.1, 0.15) is 149 Å². The smallest absolute Gasteiger partial charge is 0.306 e. The second kappa shape index (κ2) is 37.2. The molecule has 0 aromatic heterocycles. The monoisotopic (exact) mass is 775 g/mol. The number of carbonyl (C=O) groups is 1. The molecular formula is C46H78O9. The zero-order chi connectivity index (χ0) is 40.0. The van der Waals surface area contributed by atoms with Crippen molar-refractivity contribution >= 4 is 5.97 Å². The highest BCUT2D eigenvalue weighted by Crippen LogP contribution is 2.22. The van der Waals surface area contributed by atoms with Gasteiger partial charge in [0, 0.05) is 13.0 Å². The standard InChI is InChI=1S/C46H78O9/c1-3-5-7-9-11-13-15-17-19-20-21-22-24-26-28-30-32-34-36-52-38-40(39-53-46-45(51)44(50)43(49)41(37-47)55-46)54-42(48)35-33-31-29-27-25-23-18-16-14-12-10-8-6-4-2/h5,7,10-13,16-19,21-22,40-41,43-47,49-51H,3-4,6,8-9,14-15,20,23-39H2,1-2H3/b7-5-,12-10-,13-11-,18-16-,19-17-,22-21-. The fourth-order valence-corrected chi connectivity index (χ4v) is 5.97. The molecule has 0 aromatic rings. The van der Waals surface area contributed by atoms with Crippen LogP contribution in [0.25, 0.3) is 0 Å². The van der Waals surface area contributed by atoms with Crippen LogP contribution in [-0.4, -0.2) is 89.6 Å². The molecule has 6 atom stereocenters. The zero-order valence-electron chi connectivity index (χ0n) is 34.4. The number of unbranched alkanes of at least 4 members (excludes halogenated alkanes) is 12. The third kappa shape index (κ3) is 28.6. The van der Waals surface area contributed by atoms with E-state index in [0.717, 1.165) is 109 Å². The van der Waals surface area contributed by atoms with E-state index in [9.17, 15) is 25.2 Å². The molecule has 0 aliphatic carbocycles. The van der Waals surface area contributed by atoms with Crippen LogP contribution in [0.4, 0.5) is 0 Å². The van der Waals surface area contributed by atoms with Crippen molar-refractivity contribution in [3.05, 3.63) is 72.9 Å². The summed E-state index contributed by atoms with van der Waals surface area (Å²) in [7, 11) is 0. The lowest BCUT2D eigenvalue weighted by molar-refractivity contribution is -0.305. The Bertz CT molecular complexity index is 1060. The molecule has 6 unspecified atom stereocenters. The fourth-order valence-electron chi connectivity index (χ4n) is 5.97. The lowest BCUT2D eigenvalue weighted by Crippen LogP contribution is -2.59. The van der Waals surface area contributed by atoms with Gasteiger partial charge in [0.2, 0.25) is 0 Å². The molecule has 0 amide bonds. The normalized spacial score (nSPS) is 21.5. The minimum atomic E-state index is -1.55. The van der Waals surface area contributed by atoms with Gasteiger partial charge in [0.05, 0.1) is 19.8 Å². The first-order chi connectivity index (χ1) is 26.9. The van der Waals surface area contributed by atoms with Crippen LogP contribution < -0.4 is 0 Å². The molecule has 316 valence electrons. The summed E-state index contributed by atoms with van der Waals surface area (Å²) in [6.45, 7) is 4.32. The van der Waals surface area contributed by atoms with Crippen molar-refractivity contribution in [2.24, 2.45) is 0 Å². The molecule has 9 nitrogen and oxygen atoms in total. The van der Waals surface area contributed by atoms with Gasteiger partial charge in [-0.05, 0) is 77.0 Å². The maximum atomic E-state index is 12.7. The van der Waals surface area contributed by atoms with E-state index in [2.05, 4.69) is 86.8 Å². The Kier molecular flexibility index (Phi) is 34.3. The van der Waals surface area contributed by atoms with E-state index < -0.39 is 43.4 Å². The summed E-state index contributed by atoms with van der Waals surface area (Å²) in [4.78, 5) is 12.7. The zero-order valence-corrected chi connectivity index (χ0v) is 34.4. The number of esters is 1. The van der Waals surface area contributed by atoms with Crippen molar-refractivity contribution < 1.29 is 44.2 Å². The highest BCUT2D eigenvalue weighted by atomic mass is 16.7. The number of aliphatic hydroxyl groups is 4. The third-order valence-corrected chi connectivity index (χ3v) is 9.36. The first-order valence-electron chi connectivity index (χ1n) is 21.5. The van der Waals surface area contributed by atoms with Crippen molar-refractivity contribution in [1.82, 2.24) is 0 Å². The van der Waals surface area contributed by atoms with Gasteiger partial charge in [-0.3, -0.25) is 4.79 Å². The minimum Gasteiger partial charge on any atom is -0.457 e. The van der Waals surface area contributed by atoms with Gasteiger partial charge >= 0.3 is 5.97 Å². The van der Waals surface area contributed by atoms with Crippen LogP contribution in [0.3, 0.4) is 0 Å². The van der Waals surface area contributed by atoms with Gasteiger partial charge in [0.25, 0.3) is 0 Å². The Hall–Kier alpha value is -2.37. The summed E-state index contributed by atoms with van der Waals surface area (Å²) in [5.41, 5.74) is 0. The van der Waals surface area contributed by atoms with E-state index in [0.29, 0.717) is 13.0 Å². The second-order valence-corrected chi connectivity index (χ2v) is 14.4. The van der Waals surface area contributed by atoms with E-state index in [-0.39, 0.29) is 19.2 Å². The average Bonchev–Trinajstić information content (AvgIpc) is 3.18. The van der Waals surface area contributed by atoms with Crippen LogP contribution in [-0.2, 0) is 23.7 Å². The topological polar surface area (TPSA) is 135 Å². The molecule has 55 heavy (non-hydrogen) atoms. The molecule has 1 aliphatic rings. The van der Waals surface area contributed by atoms with Gasteiger partial charge in [0.1, 0.15) is 30.5 Å². The molecular weight excluding hydrogens is 696 g/mol. The van der Waals surface area contributed by atoms with Gasteiger partial charge in [-0.1, -0.05) is 138 Å². The lowest BCUT2D eigenvalue weighted by Gasteiger charge is -2.39. The number of allylic oxidation sites excluding steroid dienone is 12. The second-order valence-electron chi connectivity index (χ2n) is 14.4. The van der Waals surface area contributed by atoms with Gasteiger partial charge < -0.3 is 39.4 Å². The quantitative estimate of drug-likeness (QED) is 0.0282. The van der Waals surface area contributed by atoms with Gasteiger partial charge in [0.15, 0.2) is 6.29 Å². The fraction of sp³-hybridized carbons (Fsp3) is 0.717. The van der Waals surface area contributed by atoms with Crippen molar-refractivity contribution in [3.8, 4) is 0 Å². The molecule has 0 radical (unpaired) electrons. The highest BCUT2D eigenvalue weighted by Gasteiger charge is 2.44. The lowest BCUT2D eigenvalue weighted by atomic mass is 9.99. The Labute approximate surface area is 334 Å². The van der Waals surface area contributed by atoms with E-state index in [1.807, 2.05) is 0 Å². The third-order valence-electron chi connectivity index (χ3n) is 9.36. The summed E-state index contributed by atoms with van der Waals surface area (Å²) in [5.74, 6) is -0.339. The first kappa shape index (κ1) is 50.6. The number of aliphatic hydroxyl groups excluding tert-OH is 4. The number of carbonyl (C=O) groups excluding carboxylic acids is 1. The Morgan fingerprint density at radius 2 is 1.11 bits per heavy atom. The molecule has 1 saturated heterocycles. The summed E-state index contributed by atoms with van der Waals surface area (Å²) >= 11 is 0. The molecule has 1 fully saturated rings. The number of ether oxygens (including phenoxy) is 4. The predicted octanol–water partition coefficient (Wildman–Crippen LogP) is 9.30. The molecule has 0 spiro atoms. The molecule has 1 heterocycles. The number of hydrogen-bond acceptors (Lipinski definition) is 9. The van der Waals surface area contributed by atoms with Gasteiger partial charge in [-0.15, -0.1) is 0 Å². The molecule has 0 bridgehead atoms. The van der Waals surface area contributed by atoms with Crippen molar-refractivity contribution in [3.63, 3.8) is 0 Å². The summed E-state index contributed by atoms with van der Waals surface area (Å²) in [5, 5.41) is 40.1. The largest absolute Gasteiger partial charge is 0.457 e. The predicted molar refractivity (Wildman–Crippen MR) is 224 cm³/mol. The minimum absolute atomic E-state index is 0.122. The van der Waals surface area contributed by atoms with E-state index in [1.165, 1.54) is 19.3 Å². The average molecular weight is 775 g/mol. The van der Waals surface area contributed by atoms with E-state index >= 15 is 0 Å². The van der Waals surface area contributed by atoms with Crippen LogP contribution in [0, 0.1) is 0 Å². The van der Waals surface area contributed by atoms with Crippen molar-refractivity contribution in [1.29, 1.82) is 0 Å². The van der Waals surface area contributed by atoms with E-state index in [1.54, 1.807) is 0 Å². The molecule has 0 aromatic carbocycles. The molecule has 9 heteroatoms. The Morgan fingerprint density at radius 3 is 1.67 bits per heavy atom. The van der Waals surface area contributed by atoms with Crippen LogP contribution in [0.15, 0.2) is 72.9 Å². The summed E-state index contributed by atoms with van der Waals surface area (Å²) < 4.78 is 22.7. The number of hydrogen-bond donors (Lipinski definition) is 4. The molecule has 1 aliphatic heterocycles. The van der Waals surface area contributed by atoms with Crippen LogP contribution in [0.5, 0.6) is 0 Å². The van der Waals surface area contributed by atoms with E-state index in [4.69, 9.17) is 18.9 Å². The first-order valence-corrected chi connectivity index (χ1v) is 21.5. The molecule has 1 rings (SSSR count). The van der Waals surface area contributed by atoms with Crippen molar-refractivity contribution in [2.45, 2.75) is 185 Å². The summed E-state index contributed by atoms with van der Waals surface area (Å²) in [6.07, 6.45) is 40.6. The van der Waals surface area contributed by atoms with Crippen LogP contribution in [0.2, 0.25) is 0 Å².